The van der Waals surface area contributed by atoms with Gasteiger partial charge in [-0.2, -0.15) is 5.10 Å². The predicted molar refractivity (Wildman–Crippen MR) is 105 cm³/mol. The van der Waals surface area contributed by atoms with Crippen LogP contribution in [0.15, 0.2) is 29.0 Å². The third kappa shape index (κ3) is 4.43. The molecule has 1 amide bonds. The number of rotatable bonds is 4. The number of nitrogens with zero attached hydrogens (tertiary/aromatic N) is 2. The number of benzene rings is 1. The molecule has 0 radical (unpaired) electrons. The average molecular weight is 428 g/mol. The molecule has 1 aliphatic heterocycles. The third-order valence-electron chi connectivity index (χ3n) is 4.80. The minimum atomic E-state index is -0.0507. The van der Waals surface area contributed by atoms with Gasteiger partial charge in [0.05, 0.1) is 12.1 Å². The molecule has 0 bridgehead atoms. The van der Waals surface area contributed by atoms with Gasteiger partial charge in [-0.25, -0.2) is 0 Å². The number of aromatic nitrogens is 2. The highest BCUT2D eigenvalue weighted by Crippen LogP contribution is 2.28. The van der Waals surface area contributed by atoms with Gasteiger partial charge >= 0.3 is 0 Å². The van der Waals surface area contributed by atoms with Crippen molar-refractivity contribution in [3.8, 4) is 0 Å². The molecule has 0 unspecified atom stereocenters. The van der Waals surface area contributed by atoms with Crippen LogP contribution in [0.25, 0.3) is 0 Å². The van der Waals surface area contributed by atoms with Crippen molar-refractivity contribution in [3.05, 3.63) is 51.3 Å². The second kappa shape index (κ2) is 8.34. The van der Waals surface area contributed by atoms with Crippen LogP contribution in [-0.2, 0) is 18.4 Å². The molecule has 7 heteroatoms. The van der Waals surface area contributed by atoms with Crippen LogP contribution >= 0.6 is 28.3 Å². The van der Waals surface area contributed by atoms with Gasteiger partial charge in [0, 0.05) is 43.3 Å². The zero-order valence-corrected chi connectivity index (χ0v) is 17.1. The molecule has 1 aromatic carbocycles. The van der Waals surface area contributed by atoms with Crippen LogP contribution in [0.1, 0.15) is 28.2 Å². The summed E-state index contributed by atoms with van der Waals surface area (Å²) in [4.78, 5) is 12.7. The molecule has 25 heavy (non-hydrogen) atoms. The van der Waals surface area contributed by atoms with Gasteiger partial charge in [-0.05, 0) is 48.2 Å². The molecule has 0 spiro atoms. The molecule has 1 aliphatic rings. The van der Waals surface area contributed by atoms with E-state index in [0.29, 0.717) is 13.1 Å². The summed E-state index contributed by atoms with van der Waals surface area (Å²) in [5.41, 5.74) is 4.69. The second-order valence-electron chi connectivity index (χ2n) is 6.55. The Bertz CT molecular complexity index is 738. The number of hydrogen-bond donors (Lipinski definition) is 2. The number of hydrogen-bond acceptors (Lipinski definition) is 3. The Labute approximate surface area is 163 Å². The van der Waals surface area contributed by atoms with Gasteiger partial charge in [0.15, 0.2) is 0 Å². The maximum atomic E-state index is 12.7. The first-order chi connectivity index (χ1) is 11.5. The molecule has 3 rings (SSSR count). The van der Waals surface area contributed by atoms with Crippen molar-refractivity contribution in [2.75, 3.05) is 13.1 Å². The van der Waals surface area contributed by atoms with Gasteiger partial charge in [0.25, 0.3) is 0 Å². The summed E-state index contributed by atoms with van der Waals surface area (Å²) in [6, 6.07) is 4.17. The van der Waals surface area contributed by atoms with Crippen LogP contribution in [-0.4, -0.2) is 28.8 Å². The van der Waals surface area contributed by atoms with Crippen LogP contribution in [0.5, 0.6) is 0 Å². The lowest BCUT2D eigenvalue weighted by Crippen LogP contribution is -2.34. The van der Waals surface area contributed by atoms with Crippen molar-refractivity contribution >= 4 is 34.2 Å². The van der Waals surface area contributed by atoms with Gasteiger partial charge in [0.1, 0.15) is 0 Å². The van der Waals surface area contributed by atoms with Gasteiger partial charge in [-0.3, -0.25) is 9.48 Å². The Hall–Kier alpha value is -1.37. The molecule has 1 saturated heterocycles. The van der Waals surface area contributed by atoms with Gasteiger partial charge in [-0.1, -0.05) is 15.9 Å². The molecule has 1 fully saturated rings. The Morgan fingerprint density at radius 2 is 2.04 bits per heavy atom. The SMILES string of the molecule is Cc1cc(Br)cc(C)c1CNC(=O)[C@H]1CNC[C@@H]1c1cnn(C)c1.Cl. The molecule has 0 aliphatic carbocycles. The number of aryl methyl sites for hydroxylation is 3. The fourth-order valence-electron chi connectivity index (χ4n) is 3.46. The van der Waals surface area contributed by atoms with Crippen LogP contribution in [0, 0.1) is 19.8 Å². The lowest BCUT2D eigenvalue weighted by Gasteiger charge is -2.18. The van der Waals surface area contributed by atoms with E-state index < -0.39 is 0 Å². The Morgan fingerprint density at radius 3 is 2.64 bits per heavy atom. The van der Waals surface area contributed by atoms with E-state index in [0.717, 1.165) is 16.6 Å². The van der Waals surface area contributed by atoms with Crippen molar-refractivity contribution in [1.29, 1.82) is 0 Å². The van der Waals surface area contributed by atoms with Gasteiger partial charge in [-0.15, -0.1) is 12.4 Å². The number of carbonyl (C=O) groups is 1. The van der Waals surface area contributed by atoms with Crippen LogP contribution < -0.4 is 10.6 Å². The van der Waals surface area contributed by atoms with Crippen LogP contribution in [0.2, 0.25) is 0 Å². The molecule has 2 N–H and O–H groups in total. The average Bonchev–Trinajstić information content (AvgIpc) is 3.14. The van der Waals surface area contributed by atoms with E-state index in [1.807, 2.05) is 19.4 Å². The molecular formula is C18H24BrClN4O. The molecule has 2 aromatic rings. The number of amides is 1. The maximum Gasteiger partial charge on any atom is 0.225 e. The summed E-state index contributed by atoms with van der Waals surface area (Å²) >= 11 is 3.51. The molecule has 1 aromatic heterocycles. The molecule has 5 nitrogen and oxygen atoms in total. The Morgan fingerprint density at radius 1 is 1.36 bits per heavy atom. The summed E-state index contributed by atoms with van der Waals surface area (Å²) in [5.74, 6) is 0.242. The first kappa shape index (κ1) is 19.9. The van der Waals surface area contributed by atoms with E-state index in [-0.39, 0.29) is 30.2 Å². The molecular weight excluding hydrogens is 404 g/mol. The first-order valence-electron chi connectivity index (χ1n) is 8.18. The Balaban J connectivity index is 0.00000225. The van der Waals surface area contributed by atoms with Crippen molar-refractivity contribution in [2.45, 2.75) is 26.3 Å². The third-order valence-corrected chi connectivity index (χ3v) is 5.26. The van der Waals surface area contributed by atoms with Crippen LogP contribution in [0.4, 0.5) is 0 Å². The minimum absolute atomic E-state index is 0. The van der Waals surface area contributed by atoms with Crippen molar-refractivity contribution < 1.29 is 4.79 Å². The normalized spacial score (nSPS) is 19.5. The summed E-state index contributed by atoms with van der Waals surface area (Å²) < 4.78 is 2.86. The zero-order chi connectivity index (χ0) is 17.3. The van der Waals surface area contributed by atoms with Crippen molar-refractivity contribution in [2.24, 2.45) is 13.0 Å². The van der Waals surface area contributed by atoms with E-state index in [4.69, 9.17) is 0 Å². The molecule has 0 saturated carbocycles. The predicted octanol–water partition coefficient (Wildman–Crippen LogP) is 2.84. The molecule has 136 valence electrons. The van der Waals surface area contributed by atoms with E-state index in [1.165, 1.54) is 16.7 Å². The summed E-state index contributed by atoms with van der Waals surface area (Å²) in [7, 11) is 1.90. The summed E-state index contributed by atoms with van der Waals surface area (Å²) in [6.45, 7) is 6.26. The van der Waals surface area contributed by atoms with Gasteiger partial charge in [0.2, 0.25) is 5.91 Å². The summed E-state index contributed by atoms with van der Waals surface area (Å²) in [5, 5.41) is 10.7. The standard InChI is InChI=1S/C18H23BrN4O.ClH/c1-11-4-14(19)5-12(2)15(11)9-21-18(24)17-8-20-7-16(17)13-6-22-23(3)10-13;/h4-6,10,16-17,20H,7-9H2,1-3H3,(H,21,24);1H/t16-,17+;/m1./s1. The van der Waals surface area contributed by atoms with Crippen molar-refractivity contribution in [3.63, 3.8) is 0 Å². The number of carbonyl (C=O) groups excluding carboxylic acids is 1. The Kier molecular flexibility index (Phi) is 6.65. The van der Waals surface area contributed by atoms with Crippen LogP contribution in [0.3, 0.4) is 0 Å². The summed E-state index contributed by atoms with van der Waals surface area (Å²) in [6.07, 6.45) is 3.86. The van der Waals surface area contributed by atoms with E-state index >= 15 is 0 Å². The lowest BCUT2D eigenvalue weighted by molar-refractivity contribution is -0.125. The van der Waals surface area contributed by atoms with E-state index in [2.05, 4.69) is 57.6 Å². The highest BCUT2D eigenvalue weighted by atomic mass is 79.9. The fourth-order valence-corrected chi connectivity index (χ4v) is 4.15. The zero-order valence-electron chi connectivity index (χ0n) is 14.7. The number of halogens is 2. The number of nitrogens with one attached hydrogen (secondary N) is 2. The fraction of sp³-hybridized carbons (Fsp3) is 0.444. The largest absolute Gasteiger partial charge is 0.352 e. The van der Waals surface area contributed by atoms with Gasteiger partial charge < -0.3 is 10.6 Å². The molecule has 2 atom stereocenters. The highest BCUT2D eigenvalue weighted by Gasteiger charge is 2.34. The van der Waals surface area contributed by atoms with E-state index in [1.54, 1.807) is 4.68 Å². The smallest absolute Gasteiger partial charge is 0.225 e. The maximum absolute atomic E-state index is 12.7. The minimum Gasteiger partial charge on any atom is -0.352 e. The quantitative estimate of drug-likeness (QED) is 0.789. The monoisotopic (exact) mass is 426 g/mol. The molecule has 2 heterocycles. The lowest BCUT2D eigenvalue weighted by atomic mass is 9.90. The first-order valence-corrected chi connectivity index (χ1v) is 8.97. The second-order valence-corrected chi connectivity index (χ2v) is 7.47. The highest BCUT2D eigenvalue weighted by molar-refractivity contribution is 9.10. The van der Waals surface area contributed by atoms with Crippen molar-refractivity contribution in [1.82, 2.24) is 20.4 Å². The topological polar surface area (TPSA) is 59.0 Å². The van der Waals surface area contributed by atoms with E-state index in [9.17, 15) is 4.79 Å².